The smallest absolute Gasteiger partial charge is 0.225 e. The van der Waals surface area contributed by atoms with E-state index >= 15 is 0 Å². The number of nitrogens with zero attached hydrogens (tertiary/aromatic N) is 3. The molecule has 0 unspecified atom stereocenters. The van der Waals surface area contributed by atoms with Crippen LogP contribution in [-0.4, -0.2) is 42.0 Å². The number of hydrogen-bond donors (Lipinski definition) is 0. The lowest BCUT2D eigenvalue weighted by Crippen LogP contribution is -2.41. The summed E-state index contributed by atoms with van der Waals surface area (Å²) in [5.74, 6) is 0.695. The lowest BCUT2D eigenvalue weighted by atomic mass is 9.84. The third kappa shape index (κ3) is 2.82. The maximum atomic E-state index is 12.3. The van der Waals surface area contributed by atoms with Gasteiger partial charge in [0.2, 0.25) is 5.91 Å². The summed E-state index contributed by atoms with van der Waals surface area (Å²) in [5.41, 5.74) is 1.18. The lowest BCUT2D eigenvalue weighted by Gasteiger charge is -2.31. The van der Waals surface area contributed by atoms with Gasteiger partial charge >= 0.3 is 0 Å². The minimum absolute atomic E-state index is 0.314. The van der Waals surface area contributed by atoms with Crippen LogP contribution in [0.2, 0.25) is 0 Å². The predicted octanol–water partition coefficient (Wildman–Crippen LogP) is 2.68. The van der Waals surface area contributed by atoms with Crippen molar-refractivity contribution in [2.75, 3.05) is 31.1 Å². The van der Waals surface area contributed by atoms with Crippen LogP contribution in [0.1, 0.15) is 25.7 Å². The van der Waals surface area contributed by atoms with E-state index in [4.69, 9.17) is 0 Å². The van der Waals surface area contributed by atoms with E-state index in [2.05, 4.69) is 30.7 Å². The summed E-state index contributed by atoms with van der Waals surface area (Å²) in [6.45, 7) is 3.64. The molecule has 0 N–H and O–H groups in total. The average molecular weight is 338 g/mol. The van der Waals surface area contributed by atoms with Gasteiger partial charge in [0.25, 0.3) is 0 Å². The molecule has 1 aromatic rings. The number of carbonyl (C=O) groups is 1. The number of pyridine rings is 1. The standard InChI is InChI=1S/C15H20BrN3O/c16-13-11-17-6-5-14(13)18-7-2-8-19(10-9-18)15(20)12-3-1-4-12/h5-6,11-12H,1-4,7-10H2. The van der Waals surface area contributed by atoms with Gasteiger partial charge in [-0.25, -0.2) is 0 Å². The van der Waals surface area contributed by atoms with E-state index in [1.807, 2.05) is 18.5 Å². The van der Waals surface area contributed by atoms with Gasteiger partial charge in [0.1, 0.15) is 0 Å². The van der Waals surface area contributed by atoms with Crippen LogP contribution in [0, 0.1) is 5.92 Å². The van der Waals surface area contributed by atoms with E-state index in [1.165, 1.54) is 12.1 Å². The summed E-state index contributed by atoms with van der Waals surface area (Å²) in [7, 11) is 0. The van der Waals surface area contributed by atoms with Crippen LogP contribution < -0.4 is 4.90 Å². The van der Waals surface area contributed by atoms with Crippen LogP contribution >= 0.6 is 15.9 Å². The second-order valence-electron chi connectivity index (χ2n) is 5.62. The molecule has 2 aliphatic rings. The molecule has 20 heavy (non-hydrogen) atoms. The maximum Gasteiger partial charge on any atom is 0.225 e. The van der Waals surface area contributed by atoms with E-state index in [0.29, 0.717) is 11.8 Å². The van der Waals surface area contributed by atoms with Gasteiger partial charge in [0.05, 0.1) is 10.2 Å². The summed E-state index contributed by atoms with van der Waals surface area (Å²) >= 11 is 3.56. The van der Waals surface area contributed by atoms with Crippen molar-refractivity contribution in [1.82, 2.24) is 9.88 Å². The Hall–Kier alpha value is -1.10. The van der Waals surface area contributed by atoms with Gasteiger partial charge < -0.3 is 9.80 Å². The monoisotopic (exact) mass is 337 g/mol. The molecule has 108 valence electrons. The Bertz CT molecular complexity index is 490. The fourth-order valence-corrected chi connectivity index (χ4v) is 3.42. The molecular weight excluding hydrogens is 318 g/mol. The molecule has 0 aromatic carbocycles. The normalized spacial score (nSPS) is 20.4. The van der Waals surface area contributed by atoms with E-state index in [0.717, 1.165) is 49.9 Å². The van der Waals surface area contributed by atoms with Crippen molar-refractivity contribution in [3.63, 3.8) is 0 Å². The van der Waals surface area contributed by atoms with Crippen molar-refractivity contribution in [2.24, 2.45) is 5.92 Å². The first kappa shape index (κ1) is 13.9. The molecule has 3 rings (SSSR count). The third-order valence-electron chi connectivity index (χ3n) is 4.35. The molecule has 0 atom stereocenters. The molecule has 1 aliphatic carbocycles. The van der Waals surface area contributed by atoms with Crippen molar-refractivity contribution in [3.8, 4) is 0 Å². The topological polar surface area (TPSA) is 36.4 Å². The van der Waals surface area contributed by atoms with E-state index in [1.54, 1.807) is 0 Å². The first-order chi connectivity index (χ1) is 9.75. The molecular formula is C15H20BrN3O. The molecule has 1 aliphatic heterocycles. The molecule has 2 fully saturated rings. The van der Waals surface area contributed by atoms with Gasteiger partial charge in [-0.3, -0.25) is 9.78 Å². The quantitative estimate of drug-likeness (QED) is 0.832. The maximum absolute atomic E-state index is 12.3. The minimum Gasteiger partial charge on any atom is -0.369 e. The molecule has 1 saturated carbocycles. The molecule has 1 amide bonds. The van der Waals surface area contributed by atoms with Gasteiger partial charge in [0.15, 0.2) is 0 Å². The Morgan fingerprint density at radius 2 is 2.05 bits per heavy atom. The molecule has 0 bridgehead atoms. The Morgan fingerprint density at radius 1 is 1.20 bits per heavy atom. The van der Waals surface area contributed by atoms with Crippen molar-refractivity contribution < 1.29 is 4.79 Å². The minimum atomic E-state index is 0.314. The Balaban J connectivity index is 1.64. The van der Waals surface area contributed by atoms with Crippen LogP contribution in [0.5, 0.6) is 0 Å². The number of rotatable bonds is 2. The van der Waals surface area contributed by atoms with Crippen molar-refractivity contribution in [3.05, 3.63) is 22.9 Å². The number of anilines is 1. The highest BCUT2D eigenvalue weighted by Crippen LogP contribution is 2.29. The average Bonchev–Trinajstić information content (AvgIpc) is 2.63. The summed E-state index contributed by atoms with van der Waals surface area (Å²) in [4.78, 5) is 20.9. The van der Waals surface area contributed by atoms with E-state index in [-0.39, 0.29) is 0 Å². The third-order valence-corrected chi connectivity index (χ3v) is 4.96. The van der Waals surface area contributed by atoms with Crippen LogP contribution in [0.3, 0.4) is 0 Å². The highest BCUT2D eigenvalue weighted by atomic mass is 79.9. The first-order valence-corrected chi connectivity index (χ1v) is 8.18. The zero-order valence-electron chi connectivity index (χ0n) is 11.6. The highest BCUT2D eigenvalue weighted by Gasteiger charge is 2.30. The molecule has 5 heteroatoms. The zero-order chi connectivity index (χ0) is 13.9. The van der Waals surface area contributed by atoms with Crippen LogP contribution in [0.15, 0.2) is 22.9 Å². The van der Waals surface area contributed by atoms with Crippen molar-refractivity contribution in [1.29, 1.82) is 0 Å². The van der Waals surface area contributed by atoms with Gasteiger partial charge in [-0.05, 0) is 41.3 Å². The first-order valence-electron chi connectivity index (χ1n) is 7.39. The van der Waals surface area contributed by atoms with Gasteiger partial charge in [0, 0.05) is 44.5 Å². The summed E-state index contributed by atoms with van der Waals surface area (Å²) < 4.78 is 1.03. The Kier molecular flexibility index (Phi) is 4.24. The van der Waals surface area contributed by atoms with Crippen molar-refractivity contribution in [2.45, 2.75) is 25.7 Å². The summed E-state index contributed by atoms with van der Waals surface area (Å²) in [6.07, 6.45) is 8.09. The number of aromatic nitrogens is 1. The summed E-state index contributed by atoms with van der Waals surface area (Å²) in [5, 5.41) is 0. The van der Waals surface area contributed by atoms with E-state index < -0.39 is 0 Å². The number of hydrogen-bond acceptors (Lipinski definition) is 3. The molecule has 2 heterocycles. The van der Waals surface area contributed by atoms with Crippen LogP contribution in [0.25, 0.3) is 0 Å². The number of carbonyl (C=O) groups excluding carboxylic acids is 1. The van der Waals surface area contributed by atoms with Crippen LogP contribution in [0.4, 0.5) is 5.69 Å². The van der Waals surface area contributed by atoms with Gasteiger partial charge in [-0.1, -0.05) is 6.42 Å². The van der Waals surface area contributed by atoms with Crippen molar-refractivity contribution >= 4 is 27.5 Å². The molecule has 1 aromatic heterocycles. The molecule has 0 spiro atoms. The second kappa shape index (κ2) is 6.12. The fraction of sp³-hybridized carbons (Fsp3) is 0.600. The zero-order valence-corrected chi connectivity index (χ0v) is 13.2. The second-order valence-corrected chi connectivity index (χ2v) is 6.48. The Labute approximate surface area is 128 Å². The highest BCUT2D eigenvalue weighted by molar-refractivity contribution is 9.10. The number of amides is 1. The van der Waals surface area contributed by atoms with E-state index in [9.17, 15) is 4.79 Å². The van der Waals surface area contributed by atoms with Gasteiger partial charge in [-0.2, -0.15) is 0 Å². The van der Waals surface area contributed by atoms with Crippen LogP contribution in [-0.2, 0) is 4.79 Å². The SMILES string of the molecule is O=C(C1CCC1)N1CCCN(c2ccncc2Br)CC1. The van der Waals surface area contributed by atoms with Gasteiger partial charge in [-0.15, -0.1) is 0 Å². The predicted molar refractivity (Wildman–Crippen MR) is 82.7 cm³/mol. The fourth-order valence-electron chi connectivity index (χ4n) is 2.92. The molecule has 4 nitrogen and oxygen atoms in total. The lowest BCUT2D eigenvalue weighted by molar-refractivity contribution is -0.137. The summed E-state index contributed by atoms with van der Waals surface area (Å²) in [6, 6.07) is 2.04. The molecule has 0 radical (unpaired) electrons. The largest absolute Gasteiger partial charge is 0.369 e. The number of halogens is 1. The molecule has 1 saturated heterocycles. The Morgan fingerprint density at radius 3 is 2.75 bits per heavy atom.